The molecule has 7 nitrogen and oxygen atoms in total. The number of benzene rings is 3. The fraction of sp³-hybridized carbons (Fsp3) is 0.0455. The predicted molar refractivity (Wildman–Crippen MR) is 103 cm³/mol. The van der Waals surface area contributed by atoms with Crippen LogP contribution in [0, 0.1) is 0 Å². The summed E-state index contributed by atoms with van der Waals surface area (Å²) in [5.41, 5.74) is 0.475. The molecule has 2 N–H and O–H groups in total. The number of aromatic hydroxyl groups is 2. The van der Waals surface area contributed by atoms with Gasteiger partial charge in [-0.25, -0.2) is 9.59 Å². The van der Waals surface area contributed by atoms with Crippen LogP contribution in [0.4, 0.5) is 0 Å². The Bertz CT molecular complexity index is 1070. The molecule has 0 spiro atoms. The molecular formula is C22H16O7. The van der Waals surface area contributed by atoms with Crippen molar-refractivity contribution in [1.29, 1.82) is 0 Å². The Hall–Kier alpha value is -4.13. The normalized spacial score (nSPS) is 10.2. The van der Waals surface area contributed by atoms with E-state index in [4.69, 9.17) is 9.47 Å². The molecule has 0 aliphatic rings. The largest absolute Gasteiger partial charge is 0.508 e. The number of hydrogen-bond donors (Lipinski definition) is 2. The van der Waals surface area contributed by atoms with Crippen molar-refractivity contribution in [3.63, 3.8) is 0 Å². The van der Waals surface area contributed by atoms with E-state index in [9.17, 15) is 24.6 Å². The maximum atomic E-state index is 12.3. The standard InChI is InChI=1S/C22H16O7/c1-13(23)19-12-18(28-21(26)14-2-6-16(24)7-3-14)10-11-20(19)29-22(27)15-4-8-17(25)9-5-15/h2-12,24-25H,1H3. The van der Waals surface area contributed by atoms with Crippen LogP contribution in [0.5, 0.6) is 23.0 Å². The van der Waals surface area contributed by atoms with E-state index in [1.165, 1.54) is 73.7 Å². The summed E-state index contributed by atoms with van der Waals surface area (Å²) >= 11 is 0. The van der Waals surface area contributed by atoms with Crippen LogP contribution in [-0.4, -0.2) is 27.9 Å². The maximum absolute atomic E-state index is 12.3. The number of ether oxygens (including phenoxy) is 2. The van der Waals surface area contributed by atoms with Crippen molar-refractivity contribution in [3.8, 4) is 23.0 Å². The number of esters is 2. The highest BCUT2D eigenvalue weighted by Gasteiger charge is 2.17. The van der Waals surface area contributed by atoms with Crippen molar-refractivity contribution < 1.29 is 34.1 Å². The fourth-order valence-corrected chi connectivity index (χ4v) is 2.46. The van der Waals surface area contributed by atoms with Crippen LogP contribution in [0.15, 0.2) is 66.7 Å². The minimum Gasteiger partial charge on any atom is -0.508 e. The van der Waals surface area contributed by atoms with E-state index in [1.54, 1.807) is 0 Å². The minimum absolute atomic E-state index is 0.00534. The van der Waals surface area contributed by atoms with E-state index in [1.807, 2.05) is 0 Å². The molecule has 0 fully saturated rings. The lowest BCUT2D eigenvalue weighted by Crippen LogP contribution is -2.12. The second-order valence-corrected chi connectivity index (χ2v) is 6.09. The zero-order valence-electron chi connectivity index (χ0n) is 15.3. The molecular weight excluding hydrogens is 376 g/mol. The second-order valence-electron chi connectivity index (χ2n) is 6.09. The Kier molecular flexibility index (Phi) is 5.59. The van der Waals surface area contributed by atoms with E-state index in [-0.39, 0.29) is 45.5 Å². The summed E-state index contributed by atoms with van der Waals surface area (Å²) in [6, 6.07) is 15.0. The molecule has 0 unspecified atom stereocenters. The van der Waals surface area contributed by atoms with Crippen LogP contribution >= 0.6 is 0 Å². The van der Waals surface area contributed by atoms with Gasteiger partial charge >= 0.3 is 11.9 Å². The van der Waals surface area contributed by atoms with Gasteiger partial charge in [-0.1, -0.05) is 0 Å². The smallest absolute Gasteiger partial charge is 0.343 e. The topological polar surface area (TPSA) is 110 Å². The molecule has 0 aromatic heterocycles. The minimum atomic E-state index is -0.707. The summed E-state index contributed by atoms with van der Waals surface area (Å²) in [7, 11) is 0. The van der Waals surface area contributed by atoms with Gasteiger partial charge < -0.3 is 19.7 Å². The molecule has 0 bridgehead atoms. The van der Waals surface area contributed by atoms with Gasteiger partial charge in [0.05, 0.1) is 16.7 Å². The summed E-state index contributed by atoms with van der Waals surface area (Å²) in [6.07, 6.45) is 0. The van der Waals surface area contributed by atoms with Gasteiger partial charge in [0.25, 0.3) is 0 Å². The number of carbonyl (C=O) groups is 3. The number of rotatable bonds is 5. The van der Waals surface area contributed by atoms with Crippen molar-refractivity contribution in [2.45, 2.75) is 6.92 Å². The van der Waals surface area contributed by atoms with Crippen LogP contribution in [0.3, 0.4) is 0 Å². The highest BCUT2D eigenvalue weighted by Crippen LogP contribution is 2.27. The summed E-state index contributed by atoms with van der Waals surface area (Å²) in [6.45, 7) is 1.29. The quantitative estimate of drug-likeness (QED) is 0.387. The molecule has 0 saturated heterocycles. The van der Waals surface area contributed by atoms with Crippen LogP contribution < -0.4 is 9.47 Å². The number of carbonyl (C=O) groups excluding carboxylic acids is 3. The van der Waals surface area contributed by atoms with Crippen molar-refractivity contribution in [2.24, 2.45) is 0 Å². The number of Topliss-reactive ketones (excluding diaryl/α,β-unsaturated/α-hetero) is 1. The van der Waals surface area contributed by atoms with Gasteiger partial charge in [-0.3, -0.25) is 4.79 Å². The number of hydrogen-bond acceptors (Lipinski definition) is 7. The van der Waals surface area contributed by atoms with Crippen LogP contribution in [0.25, 0.3) is 0 Å². The van der Waals surface area contributed by atoms with Gasteiger partial charge in [0.1, 0.15) is 23.0 Å². The van der Waals surface area contributed by atoms with Gasteiger partial charge in [0.2, 0.25) is 0 Å². The van der Waals surface area contributed by atoms with E-state index in [2.05, 4.69) is 0 Å². The Morgan fingerprint density at radius 3 is 1.66 bits per heavy atom. The summed E-state index contributed by atoms with van der Waals surface area (Å²) < 4.78 is 10.5. The van der Waals surface area contributed by atoms with Crippen molar-refractivity contribution in [1.82, 2.24) is 0 Å². The number of phenolic OH excluding ortho intramolecular Hbond substituents is 2. The highest BCUT2D eigenvalue weighted by molar-refractivity contribution is 5.99. The molecule has 0 aliphatic carbocycles. The van der Waals surface area contributed by atoms with E-state index < -0.39 is 11.9 Å². The second kappa shape index (κ2) is 8.26. The highest BCUT2D eigenvalue weighted by atomic mass is 16.5. The van der Waals surface area contributed by atoms with Gasteiger partial charge in [0.15, 0.2) is 5.78 Å². The first kappa shape index (κ1) is 19.6. The van der Waals surface area contributed by atoms with Gasteiger partial charge in [-0.2, -0.15) is 0 Å². The summed E-state index contributed by atoms with van der Waals surface area (Å²) in [5.74, 6) is -1.64. The fourth-order valence-electron chi connectivity index (χ4n) is 2.46. The average molecular weight is 392 g/mol. The SMILES string of the molecule is CC(=O)c1cc(OC(=O)c2ccc(O)cc2)ccc1OC(=O)c1ccc(O)cc1. The Morgan fingerprint density at radius 1 is 0.690 bits per heavy atom. The molecule has 3 aromatic carbocycles. The summed E-state index contributed by atoms with van der Waals surface area (Å²) in [5, 5.41) is 18.6. The van der Waals surface area contributed by atoms with Gasteiger partial charge in [0, 0.05) is 0 Å². The monoisotopic (exact) mass is 392 g/mol. The zero-order chi connectivity index (χ0) is 21.0. The van der Waals surface area contributed by atoms with Crippen molar-refractivity contribution >= 4 is 17.7 Å². The lowest BCUT2D eigenvalue weighted by atomic mass is 10.1. The first-order valence-electron chi connectivity index (χ1n) is 8.51. The van der Waals surface area contributed by atoms with E-state index in [0.717, 1.165) is 0 Å². The van der Waals surface area contributed by atoms with E-state index in [0.29, 0.717) is 0 Å². The van der Waals surface area contributed by atoms with Crippen LogP contribution in [0.2, 0.25) is 0 Å². The van der Waals surface area contributed by atoms with E-state index >= 15 is 0 Å². The first-order chi connectivity index (χ1) is 13.8. The molecule has 0 radical (unpaired) electrons. The Morgan fingerprint density at radius 2 is 1.17 bits per heavy atom. The predicted octanol–water partition coefficient (Wildman–Crippen LogP) is 3.74. The lowest BCUT2D eigenvalue weighted by molar-refractivity contribution is 0.0716. The lowest BCUT2D eigenvalue weighted by Gasteiger charge is -2.11. The molecule has 0 aliphatic heterocycles. The molecule has 0 amide bonds. The molecule has 146 valence electrons. The molecule has 0 atom stereocenters. The third-order valence-corrected chi connectivity index (χ3v) is 3.95. The molecule has 0 saturated carbocycles. The molecule has 3 aromatic rings. The van der Waals surface area contributed by atoms with Crippen LogP contribution in [0.1, 0.15) is 38.0 Å². The average Bonchev–Trinajstić information content (AvgIpc) is 2.69. The molecule has 0 heterocycles. The molecule has 7 heteroatoms. The Labute approximate surface area is 165 Å². The Balaban J connectivity index is 1.80. The first-order valence-corrected chi connectivity index (χ1v) is 8.51. The molecule has 3 rings (SSSR count). The van der Waals surface area contributed by atoms with Gasteiger partial charge in [-0.15, -0.1) is 0 Å². The van der Waals surface area contributed by atoms with Gasteiger partial charge in [-0.05, 0) is 73.7 Å². The van der Waals surface area contributed by atoms with Crippen molar-refractivity contribution in [2.75, 3.05) is 0 Å². The van der Waals surface area contributed by atoms with Crippen LogP contribution in [-0.2, 0) is 0 Å². The third-order valence-electron chi connectivity index (χ3n) is 3.95. The summed E-state index contributed by atoms with van der Waals surface area (Å²) in [4.78, 5) is 36.4. The number of phenols is 2. The number of ketones is 1. The maximum Gasteiger partial charge on any atom is 0.343 e. The van der Waals surface area contributed by atoms with Crippen molar-refractivity contribution in [3.05, 3.63) is 83.4 Å². The zero-order valence-corrected chi connectivity index (χ0v) is 15.3. The molecule has 29 heavy (non-hydrogen) atoms. The third kappa shape index (κ3) is 4.78.